The number of fused-ring (bicyclic) bond motifs is 1. The minimum atomic E-state index is -4.69. The fourth-order valence-electron chi connectivity index (χ4n) is 2.75. The number of anilines is 1. The fraction of sp³-hybridized carbons (Fsp3) is 0.286. The first-order valence-corrected chi connectivity index (χ1v) is 10.5. The van der Waals surface area contributed by atoms with Crippen molar-refractivity contribution in [2.24, 2.45) is 0 Å². The van der Waals surface area contributed by atoms with E-state index < -0.39 is 17.9 Å². The Kier molecular flexibility index (Phi) is 7.21. The van der Waals surface area contributed by atoms with E-state index in [2.05, 4.69) is 15.3 Å². The van der Waals surface area contributed by atoms with E-state index >= 15 is 0 Å². The van der Waals surface area contributed by atoms with Crippen LogP contribution >= 0.6 is 11.8 Å². The average Bonchev–Trinajstić information content (AvgIpc) is 2.73. The third kappa shape index (κ3) is 5.78. The van der Waals surface area contributed by atoms with Gasteiger partial charge >= 0.3 is 6.18 Å². The molecule has 0 aliphatic rings. The zero-order valence-corrected chi connectivity index (χ0v) is 17.6. The Morgan fingerprint density at radius 3 is 2.52 bits per heavy atom. The number of carbonyl (C=O) groups is 1. The van der Waals surface area contributed by atoms with Crippen LogP contribution in [0.15, 0.2) is 47.5 Å². The number of benzene rings is 2. The summed E-state index contributed by atoms with van der Waals surface area (Å²) in [7, 11) is 0. The number of amides is 1. The molecule has 0 atom stereocenters. The van der Waals surface area contributed by atoms with Crippen molar-refractivity contribution in [2.45, 2.75) is 25.0 Å². The van der Waals surface area contributed by atoms with Crippen LogP contribution in [0.1, 0.15) is 19.7 Å². The lowest BCUT2D eigenvalue weighted by Gasteiger charge is -2.14. The number of aromatic nitrogens is 2. The molecule has 164 valence electrons. The molecule has 31 heavy (non-hydrogen) atoms. The second-order valence-electron chi connectivity index (χ2n) is 6.23. The predicted molar refractivity (Wildman–Crippen MR) is 113 cm³/mol. The maximum atomic E-state index is 13.2. The number of thioether (sulfide) groups is 1. The summed E-state index contributed by atoms with van der Waals surface area (Å²) in [5.74, 6) is -0.780. The zero-order chi connectivity index (χ0) is 22.4. The van der Waals surface area contributed by atoms with E-state index in [9.17, 15) is 18.0 Å². The van der Waals surface area contributed by atoms with Crippen LogP contribution in [0.25, 0.3) is 10.9 Å². The molecule has 1 N–H and O–H groups in total. The van der Waals surface area contributed by atoms with Gasteiger partial charge in [-0.2, -0.15) is 13.2 Å². The van der Waals surface area contributed by atoms with Crippen LogP contribution in [0.5, 0.6) is 11.5 Å². The molecule has 0 aliphatic heterocycles. The summed E-state index contributed by atoms with van der Waals surface area (Å²) >= 11 is 0.906. The van der Waals surface area contributed by atoms with Crippen molar-refractivity contribution < 1.29 is 27.4 Å². The Bertz CT molecular complexity index is 1080. The summed E-state index contributed by atoms with van der Waals surface area (Å²) in [6, 6.07) is 11.4. The molecule has 3 aromatic rings. The second kappa shape index (κ2) is 9.86. The summed E-state index contributed by atoms with van der Waals surface area (Å²) in [5, 5.41) is 3.26. The van der Waals surface area contributed by atoms with Crippen LogP contribution in [0, 0.1) is 0 Å². The molecule has 0 aliphatic carbocycles. The largest absolute Gasteiger partial charge is 0.494 e. The van der Waals surface area contributed by atoms with E-state index in [0.29, 0.717) is 35.8 Å². The van der Waals surface area contributed by atoms with E-state index in [1.165, 1.54) is 6.07 Å². The number of hydrogen-bond acceptors (Lipinski definition) is 6. The zero-order valence-electron chi connectivity index (χ0n) is 16.8. The van der Waals surface area contributed by atoms with Gasteiger partial charge in [-0.15, -0.1) is 0 Å². The number of nitrogens with one attached hydrogen (secondary N) is 1. The molecule has 1 aromatic heterocycles. The molecular formula is C21H20F3N3O3S. The maximum Gasteiger partial charge on any atom is 0.451 e. The topological polar surface area (TPSA) is 73.3 Å². The van der Waals surface area contributed by atoms with Crippen LogP contribution in [-0.2, 0) is 11.0 Å². The van der Waals surface area contributed by atoms with Crippen molar-refractivity contribution in [2.75, 3.05) is 24.3 Å². The number of halogens is 3. The number of ether oxygens (including phenoxy) is 2. The SMILES string of the molecule is CCOc1ccc(OCC)c(NC(=O)CSc2nc(C(F)(F)F)nc3ccccc23)c1. The molecular weight excluding hydrogens is 431 g/mol. The highest BCUT2D eigenvalue weighted by molar-refractivity contribution is 8.00. The van der Waals surface area contributed by atoms with Gasteiger partial charge in [0.05, 0.1) is 30.2 Å². The number of rotatable bonds is 8. The lowest BCUT2D eigenvalue weighted by atomic mass is 10.2. The number of alkyl halides is 3. The number of para-hydroxylation sites is 1. The molecule has 0 saturated carbocycles. The van der Waals surface area contributed by atoms with Crippen molar-refractivity contribution in [3.05, 3.63) is 48.3 Å². The highest BCUT2D eigenvalue weighted by Crippen LogP contribution is 2.33. The van der Waals surface area contributed by atoms with Crippen molar-refractivity contribution in [3.63, 3.8) is 0 Å². The van der Waals surface area contributed by atoms with Crippen LogP contribution in [0.4, 0.5) is 18.9 Å². The second-order valence-corrected chi connectivity index (χ2v) is 7.19. The molecule has 6 nitrogen and oxygen atoms in total. The van der Waals surface area contributed by atoms with Crippen molar-refractivity contribution >= 4 is 34.3 Å². The molecule has 2 aromatic carbocycles. The summed E-state index contributed by atoms with van der Waals surface area (Å²) < 4.78 is 50.5. The highest BCUT2D eigenvalue weighted by Gasteiger charge is 2.35. The molecule has 10 heteroatoms. The molecule has 0 radical (unpaired) electrons. The van der Waals surface area contributed by atoms with Crippen LogP contribution in [0.2, 0.25) is 0 Å². The molecule has 0 spiro atoms. The Hall–Kier alpha value is -3.01. The molecule has 0 saturated heterocycles. The first-order chi connectivity index (χ1) is 14.8. The van der Waals surface area contributed by atoms with Gasteiger partial charge in [-0.3, -0.25) is 4.79 Å². The van der Waals surface area contributed by atoms with Gasteiger partial charge in [0.15, 0.2) is 0 Å². The molecule has 1 heterocycles. The number of carbonyl (C=O) groups excluding carboxylic acids is 1. The summed E-state index contributed by atoms with van der Waals surface area (Å²) in [5.41, 5.74) is 0.581. The van der Waals surface area contributed by atoms with E-state index in [1.54, 1.807) is 36.4 Å². The normalized spacial score (nSPS) is 11.4. The minimum absolute atomic E-state index is 0.0844. The predicted octanol–water partition coefficient (Wildman–Crippen LogP) is 5.18. The Labute approximate surface area is 181 Å². The van der Waals surface area contributed by atoms with Crippen LogP contribution < -0.4 is 14.8 Å². The molecule has 3 rings (SSSR count). The Morgan fingerprint density at radius 2 is 1.81 bits per heavy atom. The smallest absolute Gasteiger partial charge is 0.451 e. The Balaban J connectivity index is 1.80. The van der Waals surface area contributed by atoms with Gasteiger partial charge < -0.3 is 14.8 Å². The summed E-state index contributed by atoms with van der Waals surface area (Å²) in [6.07, 6.45) is -4.69. The molecule has 0 fully saturated rings. The quantitative estimate of drug-likeness (QED) is 0.376. The standard InChI is InChI=1S/C21H20F3N3O3S/c1-3-29-13-9-10-17(30-4-2)16(11-13)25-18(28)12-31-19-14-7-5-6-8-15(14)26-20(27-19)21(22,23)24/h5-11H,3-4,12H2,1-2H3,(H,25,28). The number of nitrogens with zero attached hydrogens (tertiary/aromatic N) is 2. The van der Waals surface area contributed by atoms with E-state index in [-0.39, 0.29) is 16.3 Å². The van der Waals surface area contributed by atoms with E-state index in [1.807, 2.05) is 13.8 Å². The number of hydrogen-bond donors (Lipinski definition) is 1. The van der Waals surface area contributed by atoms with Gasteiger partial charge in [-0.1, -0.05) is 30.0 Å². The monoisotopic (exact) mass is 451 g/mol. The van der Waals surface area contributed by atoms with Gasteiger partial charge in [0, 0.05) is 11.5 Å². The van der Waals surface area contributed by atoms with E-state index in [0.717, 1.165) is 11.8 Å². The lowest BCUT2D eigenvalue weighted by Crippen LogP contribution is -2.16. The van der Waals surface area contributed by atoms with Crippen molar-refractivity contribution in [3.8, 4) is 11.5 Å². The molecule has 1 amide bonds. The van der Waals surface area contributed by atoms with E-state index in [4.69, 9.17) is 9.47 Å². The lowest BCUT2D eigenvalue weighted by molar-refractivity contribution is -0.145. The maximum absolute atomic E-state index is 13.2. The summed E-state index contributed by atoms with van der Waals surface area (Å²) in [4.78, 5) is 19.8. The minimum Gasteiger partial charge on any atom is -0.494 e. The van der Waals surface area contributed by atoms with Gasteiger partial charge in [0.2, 0.25) is 11.7 Å². The van der Waals surface area contributed by atoms with Crippen LogP contribution in [-0.4, -0.2) is 34.8 Å². The third-order valence-electron chi connectivity index (χ3n) is 4.00. The first-order valence-electron chi connectivity index (χ1n) is 9.48. The third-order valence-corrected chi connectivity index (χ3v) is 4.99. The fourth-order valence-corrected chi connectivity index (χ4v) is 3.57. The van der Waals surface area contributed by atoms with Gasteiger partial charge in [0.25, 0.3) is 0 Å². The first kappa shape index (κ1) is 22.7. The van der Waals surface area contributed by atoms with Crippen molar-refractivity contribution in [1.29, 1.82) is 0 Å². The molecule has 0 bridgehead atoms. The Morgan fingerprint density at radius 1 is 1.06 bits per heavy atom. The average molecular weight is 451 g/mol. The highest BCUT2D eigenvalue weighted by atomic mass is 32.2. The van der Waals surface area contributed by atoms with Gasteiger partial charge in [0.1, 0.15) is 16.5 Å². The van der Waals surface area contributed by atoms with Crippen LogP contribution in [0.3, 0.4) is 0 Å². The van der Waals surface area contributed by atoms with Crippen molar-refractivity contribution in [1.82, 2.24) is 9.97 Å². The summed E-state index contributed by atoms with van der Waals surface area (Å²) in [6.45, 7) is 4.52. The van der Waals surface area contributed by atoms with Gasteiger partial charge in [-0.25, -0.2) is 9.97 Å². The molecule has 0 unspecified atom stereocenters. The van der Waals surface area contributed by atoms with Gasteiger partial charge in [-0.05, 0) is 32.0 Å².